The van der Waals surface area contributed by atoms with Crippen molar-refractivity contribution in [3.8, 4) is 0 Å². The van der Waals surface area contributed by atoms with Crippen molar-refractivity contribution in [2.75, 3.05) is 14.2 Å². The van der Waals surface area contributed by atoms with E-state index in [1.165, 1.54) is 14.2 Å². The highest BCUT2D eigenvalue weighted by Gasteiger charge is 2.64. The van der Waals surface area contributed by atoms with E-state index in [-0.39, 0.29) is 41.0 Å². The number of Topliss-reactive ketones (excluding diaryl/α,β-unsaturated/α-hetero) is 1. The molecule has 8 atom stereocenters. The third-order valence-electron chi connectivity index (χ3n) is 8.67. The number of esters is 1. The molecule has 0 aromatic carbocycles. The molecule has 4 aliphatic carbocycles. The van der Waals surface area contributed by atoms with Crippen LogP contribution in [0.25, 0.3) is 0 Å². The van der Waals surface area contributed by atoms with Gasteiger partial charge in [-0.25, -0.2) is 4.79 Å². The van der Waals surface area contributed by atoms with E-state index in [0.29, 0.717) is 25.7 Å². The standard InChI is InChI=1S/C23H32O7/c1-22-8-7-13(30-21(27)29-4)9-12(22)10-14(20(26)28-3)18-15-5-6-17(25)23(15,2)11-16(24)19(18)22/h10,13-16,18-19,24H,5-9,11H2,1-4H3/t13-,14+,15-,16+,18-,19?,22-,23-/m0/s1. The van der Waals surface area contributed by atoms with Crippen LogP contribution in [-0.4, -0.2) is 49.4 Å². The van der Waals surface area contributed by atoms with E-state index in [1.54, 1.807) is 0 Å². The molecule has 1 unspecified atom stereocenters. The van der Waals surface area contributed by atoms with Crippen LogP contribution in [0, 0.1) is 34.5 Å². The van der Waals surface area contributed by atoms with Crippen molar-refractivity contribution < 1.29 is 33.7 Å². The summed E-state index contributed by atoms with van der Waals surface area (Å²) in [6.07, 6.45) is 3.92. The second kappa shape index (κ2) is 7.36. The summed E-state index contributed by atoms with van der Waals surface area (Å²) in [6, 6.07) is 0. The topological polar surface area (TPSA) is 99.1 Å². The van der Waals surface area contributed by atoms with Gasteiger partial charge in [-0.05, 0) is 48.9 Å². The summed E-state index contributed by atoms with van der Waals surface area (Å²) in [5, 5.41) is 11.3. The summed E-state index contributed by atoms with van der Waals surface area (Å²) >= 11 is 0. The number of ether oxygens (including phenoxy) is 3. The summed E-state index contributed by atoms with van der Waals surface area (Å²) in [5.41, 5.74) is 0.142. The van der Waals surface area contributed by atoms with Gasteiger partial charge in [-0.1, -0.05) is 25.5 Å². The number of carbonyl (C=O) groups excluding carboxylic acids is 3. The summed E-state index contributed by atoms with van der Waals surface area (Å²) in [6.45, 7) is 4.12. The van der Waals surface area contributed by atoms with Crippen molar-refractivity contribution in [1.82, 2.24) is 0 Å². The molecule has 0 aliphatic heterocycles. The fourth-order valence-corrected chi connectivity index (χ4v) is 7.19. The van der Waals surface area contributed by atoms with Crippen LogP contribution in [0.15, 0.2) is 11.6 Å². The van der Waals surface area contributed by atoms with Crippen LogP contribution in [0.4, 0.5) is 4.79 Å². The molecule has 0 spiro atoms. The van der Waals surface area contributed by atoms with Crippen LogP contribution in [0.3, 0.4) is 0 Å². The normalized spacial score (nSPS) is 44.8. The van der Waals surface area contributed by atoms with Gasteiger partial charge in [0.25, 0.3) is 0 Å². The Kier molecular flexibility index (Phi) is 5.24. The summed E-state index contributed by atoms with van der Waals surface area (Å²) in [5.74, 6) is -0.851. The van der Waals surface area contributed by atoms with Gasteiger partial charge in [0, 0.05) is 18.3 Å². The lowest BCUT2D eigenvalue weighted by atomic mass is 9.45. The Balaban J connectivity index is 1.75. The van der Waals surface area contributed by atoms with E-state index in [9.17, 15) is 19.5 Å². The van der Waals surface area contributed by atoms with Crippen LogP contribution >= 0.6 is 0 Å². The summed E-state index contributed by atoms with van der Waals surface area (Å²) in [4.78, 5) is 37.2. The number of hydrogen-bond acceptors (Lipinski definition) is 7. The number of rotatable bonds is 2. The zero-order valence-electron chi connectivity index (χ0n) is 18.2. The first kappa shape index (κ1) is 21.3. The average molecular weight is 421 g/mol. The van der Waals surface area contributed by atoms with Crippen LogP contribution in [0.2, 0.25) is 0 Å². The third-order valence-corrected chi connectivity index (χ3v) is 8.67. The van der Waals surface area contributed by atoms with Crippen molar-refractivity contribution in [3.63, 3.8) is 0 Å². The summed E-state index contributed by atoms with van der Waals surface area (Å²) < 4.78 is 15.2. The van der Waals surface area contributed by atoms with Crippen LogP contribution < -0.4 is 0 Å². The number of aliphatic hydroxyl groups is 1. The van der Waals surface area contributed by atoms with Crippen LogP contribution in [0.5, 0.6) is 0 Å². The second-order valence-electron chi connectivity index (χ2n) is 9.96. The van der Waals surface area contributed by atoms with Gasteiger partial charge in [0.15, 0.2) is 0 Å². The maximum absolute atomic E-state index is 12.8. The molecule has 7 nitrogen and oxygen atoms in total. The quantitative estimate of drug-likeness (QED) is 0.541. The Morgan fingerprint density at radius 2 is 1.87 bits per heavy atom. The molecule has 1 N–H and O–H groups in total. The highest BCUT2D eigenvalue weighted by Crippen LogP contribution is 2.65. The molecule has 166 valence electrons. The number of fused-ring (bicyclic) bond motifs is 5. The third kappa shape index (κ3) is 3.00. The van der Waals surface area contributed by atoms with Gasteiger partial charge >= 0.3 is 12.1 Å². The zero-order valence-corrected chi connectivity index (χ0v) is 18.2. The Labute approximate surface area is 177 Å². The first-order chi connectivity index (χ1) is 14.2. The second-order valence-corrected chi connectivity index (χ2v) is 9.96. The lowest BCUT2D eigenvalue weighted by Crippen LogP contribution is -2.59. The average Bonchev–Trinajstić information content (AvgIpc) is 3.00. The van der Waals surface area contributed by atoms with Gasteiger partial charge in [-0.2, -0.15) is 0 Å². The molecule has 4 aliphatic rings. The van der Waals surface area contributed by atoms with E-state index < -0.39 is 23.6 Å². The SMILES string of the molecule is COC(=O)O[C@H]1CC[C@@]2(C)C(=C[C@@H](C(=O)OC)[C@@H]3C2[C@H](O)C[C@]2(C)C(=O)CC[C@@H]32)C1. The largest absolute Gasteiger partial charge is 0.508 e. The molecule has 4 rings (SSSR count). The predicted octanol–water partition coefficient (Wildman–Crippen LogP) is 3.04. The van der Waals surface area contributed by atoms with Crippen molar-refractivity contribution in [1.29, 1.82) is 0 Å². The Bertz CT molecular complexity index is 788. The number of methoxy groups -OCH3 is 2. The van der Waals surface area contributed by atoms with Crippen molar-refractivity contribution >= 4 is 17.9 Å². The van der Waals surface area contributed by atoms with Gasteiger partial charge < -0.3 is 19.3 Å². The van der Waals surface area contributed by atoms with E-state index in [2.05, 4.69) is 11.7 Å². The van der Waals surface area contributed by atoms with Crippen LogP contribution in [-0.2, 0) is 23.8 Å². The lowest BCUT2D eigenvalue weighted by Gasteiger charge is -2.59. The minimum absolute atomic E-state index is 0.0566. The van der Waals surface area contributed by atoms with E-state index in [4.69, 9.17) is 9.47 Å². The van der Waals surface area contributed by atoms with Crippen molar-refractivity contribution in [2.24, 2.45) is 34.5 Å². The minimum atomic E-state index is -0.708. The van der Waals surface area contributed by atoms with E-state index in [0.717, 1.165) is 18.4 Å². The minimum Gasteiger partial charge on any atom is -0.469 e. The molecule has 0 heterocycles. The highest BCUT2D eigenvalue weighted by atomic mass is 16.7. The molecule has 3 saturated carbocycles. The van der Waals surface area contributed by atoms with Gasteiger partial charge in [0.2, 0.25) is 0 Å². The first-order valence-electron chi connectivity index (χ1n) is 10.9. The Hall–Kier alpha value is -1.89. The Morgan fingerprint density at radius 3 is 2.53 bits per heavy atom. The molecular formula is C23H32O7. The molecule has 0 saturated heterocycles. The molecule has 3 fully saturated rings. The van der Waals surface area contributed by atoms with E-state index >= 15 is 0 Å². The maximum atomic E-state index is 12.8. The summed E-state index contributed by atoms with van der Waals surface area (Å²) in [7, 11) is 2.66. The monoisotopic (exact) mass is 420 g/mol. The smallest absolute Gasteiger partial charge is 0.469 e. The lowest BCUT2D eigenvalue weighted by molar-refractivity contribution is -0.166. The highest BCUT2D eigenvalue weighted by molar-refractivity contribution is 5.87. The molecule has 30 heavy (non-hydrogen) atoms. The van der Waals surface area contributed by atoms with Gasteiger partial charge in [0.1, 0.15) is 11.9 Å². The molecular weight excluding hydrogens is 388 g/mol. The Morgan fingerprint density at radius 1 is 1.13 bits per heavy atom. The fraction of sp³-hybridized carbons (Fsp3) is 0.783. The van der Waals surface area contributed by atoms with Crippen molar-refractivity contribution in [3.05, 3.63) is 11.6 Å². The van der Waals surface area contributed by atoms with Gasteiger partial charge in [0.05, 0.1) is 26.2 Å². The van der Waals surface area contributed by atoms with Gasteiger partial charge in [-0.15, -0.1) is 0 Å². The van der Waals surface area contributed by atoms with Gasteiger partial charge in [-0.3, -0.25) is 9.59 Å². The van der Waals surface area contributed by atoms with Crippen molar-refractivity contribution in [2.45, 2.75) is 64.6 Å². The number of aliphatic hydroxyl groups excluding tert-OH is 1. The molecule has 0 aromatic heterocycles. The molecule has 0 radical (unpaired) electrons. The maximum Gasteiger partial charge on any atom is 0.508 e. The predicted molar refractivity (Wildman–Crippen MR) is 106 cm³/mol. The molecule has 0 bridgehead atoms. The first-order valence-corrected chi connectivity index (χ1v) is 10.9. The number of carbonyl (C=O) groups is 3. The molecule has 0 amide bonds. The molecule has 0 aromatic rings. The zero-order chi connectivity index (χ0) is 21.8. The fourth-order valence-electron chi connectivity index (χ4n) is 7.19. The van der Waals surface area contributed by atoms with E-state index in [1.807, 2.05) is 13.0 Å². The molecule has 7 heteroatoms. The number of hydrogen-bond donors (Lipinski definition) is 1. The number of ketones is 1. The van der Waals surface area contributed by atoms with Crippen LogP contribution in [0.1, 0.15) is 52.4 Å².